The third kappa shape index (κ3) is 4.18. The first kappa shape index (κ1) is 17.7. The highest BCUT2D eigenvalue weighted by Crippen LogP contribution is 2.21. The van der Waals surface area contributed by atoms with Crippen LogP contribution in [0.5, 0.6) is 0 Å². The van der Waals surface area contributed by atoms with Crippen molar-refractivity contribution in [3.63, 3.8) is 0 Å². The van der Waals surface area contributed by atoms with Crippen molar-refractivity contribution in [2.24, 2.45) is 0 Å². The van der Waals surface area contributed by atoms with E-state index in [1.807, 2.05) is 0 Å². The number of carbonyl (C=O) groups excluding carboxylic acids is 1. The fourth-order valence-corrected chi connectivity index (χ4v) is 4.23. The van der Waals surface area contributed by atoms with Crippen LogP contribution in [0.1, 0.15) is 26.7 Å². The van der Waals surface area contributed by atoms with Gasteiger partial charge < -0.3 is 10.1 Å². The van der Waals surface area contributed by atoms with E-state index in [-0.39, 0.29) is 11.4 Å². The Morgan fingerprint density at radius 1 is 1.27 bits per heavy atom. The molecule has 0 spiro atoms. The van der Waals surface area contributed by atoms with Gasteiger partial charge in [0.05, 0.1) is 19.5 Å². The largest absolute Gasteiger partial charge is 0.379 e. The molecule has 1 atom stereocenters. The Balaban J connectivity index is 1.91. The summed E-state index contributed by atoms with van der Waals surface area (Å²) >= 11 is 0. The van der Waals surface area contributed by atoms with Crippen LogP contribution in [-0.2, 0) is 19.6 Å². The zero-order valence-electron chi connectivity index (χ0n) is 13.7. The fraction of sp³-hybridized carbons (Fsp3) is 0.929. The Morgan fingerprint density at radius 3 is 2.50 bits per heavy atom. The summed E-state index contributed by atoms with van der Waals surface area (Å²) in [6.07, 6.45) is 2.49. The van der Waals surface area contributed by atoms with Crippen LogP contribution in [0, 0.1) is 0 Å². The first-order valence-electron chi connectivity index (χ1n) is 7.79. The molecule has 0 unspecified atom stereocenters. The third-order valence-corrected chi connectivity index (χ3v) is 5.78. The van der Waals surface area contributed by atoms with Gasteiger partial charge in [-0.3, -0.25) is 9.69 Å². The SMILES string of the molecule is CC(C)(CNC(=O)[C@@H]1CCCN1S(C)(=O)=O)N1CCOCC1. The normalized spacial score (nSPS) is 25.3. The summed E-state index contributed by atoms with van der Waals surface area (Å²) in [7, 11) is -3.33. The van der Waals surface area contributed by atoms with E-state index in [1.54, 1.807) is 0 Å². The summed E-state index contributed by atoms with van der Waals surface area (Å²) in [5.74, 6) is -0.191. The van der Waals surface area contributed by atoms with Crippen LogP contribution in [0.15, 0.2) is 0 Å². The minimum atomic E-state index is -3.33. The number of ether oxygens (including phenoxy) is 1. The lowest BCUT2D eigenvalue weighted by Gasteiger charge is -2.41. The molecule has 0 radical (unpaired) electrons. The maximum absolute atomic E-state index is 12.4. The summed E-state index contributed by atoms with van der Waals surface area (Å²) in [5.41, 5.74) is -0.173. The summed E-state index contributed by atoms with van der Waals surface area (Å²) < 4.78 is 30.1. The molecule has 0 aliphatic carbocycles. The lowest BCUT2D eigenvalue weighted by molar-refractivity contribution is -0.125. The summed E-state index contributed by atoms with van der Waals surface area (Å²) in [4.78, 5) is 14.7. The molecule has 2 fully saturated rings. The van der Waals surface area contributed by atoms with E-state index in [4.69, 9.17) is 4.74 Å². The smallest absolute Gasteiger partial charge is 0.238 e. The van der Waals surface area contributed by atoms with Gasteiger partial charge in [0.1, 0.15) is 6.04 Å². The van der Waals surface area contributed by atoms with Gasteiger partial charge in [-0.05, 0) is 26.7 Å². The highest BCUT2D eigenvalue weighted by atomic mass is 32.2. The van der Waals surface area contributed by atoms with Crippen LogP contribution in [0.25, 0.3) is 0 Å². The average Bonchev–Trinajstić information content (AvgIpc) is 2.95. The zero-order chi connectivity index (χ0) is 16.4. The van der Waals surface area contributed by atoms with Crippen LogP contribution in [0.2, 0.25) is 0 Å². The van der Waals surface area contributed by atoms with Gasteiger partial charge in [-0.15, -0.1) is 0 Å². The summed E-state index contributed by atoms with van der Waals surface area (Å²) in [6.45, 7) is 8.22. The molecular formula is C14H27N3O4S. The van der Waals surface area contributed by atoms with E-state index < -0.39 is 16.1 Å². The van der Waals surface area contributed by atoms with Crippen molar-refractivity contribution in [2.45, 2.75) is 38.3 Å². The van der Waals surface area contributed by atoms with Crippen molar-refractivity contribution in [1.29, 1.82) is 0 Å². The Kier molecular flexibility index (Phi) is 5.47. The second kappa shape index (κ2) is 6.82. The van der Waals surface area contributed by atoms with Crippen molar-refractivity contribution < 1.29 is 17.9 Å². The number of amides is 1. The molecule has 2 aliphatic rings. The Hall–Kier alpha value is -0.700. The third-order valence-electron chi connectivity index (χ3n) is 4.49. The molecular weight excluding hydrogens is 306 g/mol. The van der Waals surface area contributed by atoms with E-state index in [0.29, 0.717) is 32.7 Å². The molecule has 7 nitrogen and oxygen atoms in total. The molecule has 0 aromatic heterocycles. The summed E-state index contributed by atoms with van der Waals surface area (Å²) in [6, 6.07) is -0.560. The van der Waals surface area contributed by atoms with Crippen LogP contribution in [0.4, 0.5) is 0 Å². The Labute approximate surface area is 133 Å². The van der Waals surface area contributed by atoms with Crippen LogP contribution < -0.4 is 5.32 Å². The number of nitrogens with zero attached hydrogens (tertiary/aromatic N) is 2. The van der Waals surface area contributed by atoms with Crippen molar-refractivity contribution in [3.8, 4) is 0 Å². The number of carbonyl (C=O) groups is 1. The quantitative estimate of drug-likeness (QED) is 0.743. The number of sulfonamides is 1. The van der Waals surface area contributed by atoms with Gasteiger partial charge >= 0.3 is 0 Å². The zero-order valence-corrected chi connectivity index (χ0v) is 14.5. The van der Waals surface area contributed by atoms with Gasteiger partial charge in [-0.1, -0.05) is 0 Å². The highest BCUT2D eigenvalue weighted by Gasteiger charge is 2.37. The number of hydrogen-bond donors (Lipinski definition) is 1. The lowest BCUT2D eigenvalue weighted by Crippen LogP contribution is -2.57. The molecule has 0 aromatic carbocycles. The minimum absolute atomic E-state index is 0.173. The maximum atomic E-state index is 12.4. The van der Waals surface area contributed by atoms with E-state index in [0.717, 1.165) is 25.8 Å². The second-order valence-electron chi connectivity index (χ2n) is 6.66. The van der Waals surface area contributed by atoms with Gasteiger partial charge in [0.15, 0.2) is 0 Å². The second-order valence-corrected chi connectivity index (χ2v) is 8.60. The molecule has 2 heterocycles. The van der Waals surface area contributed by atoms with Crippen LogP contribution >= 0.6 is 0 Å². The highest BCUT2D eigenvalue weighted by molar-refractivity contribution is 7.88. The van der Waals surface area contributed by atoms with Gasteiger partial charge in [0.25, 0.3) is 0 Å². The standard InChI is InChI=1S/C14H27N3O4S/c1-14(2,16-7-9-21-10-8-16)11-15-13(18)12-5-4-6-17(12)22(3,19)20/h12H,4-11H2,1-3H3,(H,15,18)/t12-/m0/s1. The van der Waals surface area contributed by atoms with Crippen molar-refractivity contribution >= 4 is 15.9 Å². The molecule has 0 saturated carbocycles. The average molecular weight is 333 g/mol. The Bertz CT molecular complexity index is 500. The molecule has 22 heavy (non-hydrogen) atoms. The van der Waals surface area contributed by atoms with Gasteiger partial charge in [-0.2, -0.15) is 4.31 Å². The fourth-order valence-electron chi connectivity index (χ4n) is 3.10. The van der Waals surface area contributed by atoms with Gasteiger partial charge in [0.2, 0.25) is 15.9 Å². The van der Waals surface area contributed by atoms with Crippen LogP contribution in [-0.4, -0.2) is 80.8 Å². The maximum Gasteiger partial charge on any atom is 0.238 e. The molecule has 2 saturated heterocycles. The minimum Gasteiger partial charge on any atom is -0.379 e. The topological polar surface area (TPSA) is 79.0 Å². The summed E-state index contributed by atoms with van der Waals surface area (Å²) in [5, 5.41) is 2.94. The molecule has 0 bridgehead atoms. The van der Waals surface area contributed by atoms with Gasteiger partial charge in [0, 0.05) is 31.7 Å². The predicted octanol–water partition coefficient (Wildman–Crippen LogP) is -0.363. The van der Waals surface area contributed by atoms with E-state index in [9.17, 15) is 13.2 Å². The predicted molar refractivity (Wildman–Crippen MR) is 84.1 cm³/mol. The molecule has 8 heteroatoms. The molecule has 2 aliphatic heterocycles. The first-order chi connectivity index (χ1) is 10.2. The number of nitrogens with one attached hydrogen (secondary N) is 1. The van der Waals surface area contributed by atoms with Gasteiger partial charge in [-0.25, -0.2) is 8.42 Å². The van der Waals surface area contributed by atoms with E-state index >= 15 is 0 Å². The Morgan fingerprint density at radius 2 is 1.91 bits per heavy atom. The van der Waals surface area contributed by atoms with E-state index in [1.165, 1.54) is 4.31 Å². The monoisotopic (exact) mass is 333 g/mol. The molecule has 0 aromatic rings. The first-order valence-corrected chi connectivity index (χ1v) is 9.64. The molecule has 128 valence electrons. The number of morpholine rings is 1. The molecule has 2 rings (SSSR count). The number of rotatable bonds is 5. The van der Waals surface area contributed by atoms with Crippen molar-refractivity contribution in [2.75, 3.05) is 45.6 Å². The molecule has 1 amide bonds. The number of hydrogen-bond acceptors (Lipinski definition) is 5. The molecule has 1 N–H and O–H groups in total. The van der Waals surface area contributed by atoms with Crippen molar-refractivity contribution in [3.05, 3.63) is 0 Å². The van der Waals surface area contributed by atoms with E-state index in [2.05, 4.69) is 24.1 Å². The lowest BCUT2D eigenvalue weighted by atomic mass is 10.0. The van der Waals surface area contributed by atoms with Crippen LogP contribution in [0.3, 0.4) is 0 Å². The van der Waals surface area contributed by atoms with Crippen molar-refractivity contribution in [1.82, 2.24) is 14.5 Å².